The van der Waals surface area contributed by atoms with Crippen molar-refractivity contribution in [3.05, 3.63) is 0 Å². The minimum atomic E-state index is 0. The Morgan fingerprint density at radius 1 is 0.571 bits per heavy atom. The summed E-state index contributed by atoms with van der Waals surface area (Å²) < 4.78 is 0. The maximum absolute atomic E-state index is 0. The van der Waals surface area contributed by atoms with Crippen LogP contribution in [0.25, 0.3) is 0 Å². The average Bonchev–Trinajstić information content (AvgIpc) is 0. The second kappa shape index (κ2) is 53.5. The van der Waals surface area contributed by atoms with Crippen LogP contribution in [0.4, 0.5) is 0 Å². The molecule has 0 fully saturated rings. The predicted octanol–water partition coefficient (Wildman–Crippen LogP) is -8.66. The summed E-state index contributed by atoms with van der Waals surface area (Å²) in [5.41, 5.74) is 0. The van der Waals surface area contributed by atoms with Crippen LogP contribution in [0, 0.1) is 40.8 Å². The Morgan fingerprint density at radius 2 is 0.571 bits per heavy atom. The third kappa shape index (κ3) is 41.9. The summed E-state index contributed by atoms with van der Waals surface area (Å²) in [6, 6.07) is 0. The van der Waals surface area contributed by atoms with Crippen LogP contribution in [0.15, 0.2) is 0 Å². The van der Waals surface area contributed by atoms with Crippen molar-refractivity contribution in [2.75, 3.05) is 0 Å². The van der Waals surface area contributed by atoms with Gasteiger partial charge in [-0.2, -0.15) is 0 Å². The number of halogens is 5. The second-order valence-electron chi connectivity index (χ2n) is 0. The molecule has 0 spiro atoms. The summed E-state index contributed by atoms with van der Waals surface area (Å²) in [5.74, 6) is 0. The van der Waals surface area contributed by atoms with Crippen LogP contribution in [-0.2, 0) is 0 Å². The maximum atomic E-state index is 0. The normalized spacial score (nSPS) is 0. The van der Waals surface area contributed by atoms with Crippen LogP contribution in [-0.4, -0.2) is 5.48 Å². The van der Waals surface area contributed by atoms with E-state index in [1.807, 2.05) is 0 Å². The molecule has 0 rings (SSSR count). The number of hydrogen-bond donors (Lipinski definition) is 0. The second-order valence-corrected chi connectivity index (χ2v) is 0. The van der Waals surface area contributed by atoms with Gasteiger partial charge in [0.1, 0.15) is 0 Å². The van der Waals surface area contributed by atoms with Gasteiger partial charge in [0.05, 0.1) is 0 Å². The van der Waals surface area contributed by atoms with Crippen molar-refractivity contribution < 1.29 is 97.3 Å². The molecule has 0 aromatic rings. The molecule has 0 aliphatic rings. The summed E-state index contributed by atoms with van der Waals surface area (Å²) >= 11 is 0. The fourth-order valence-corrected chi connectivity index (χ4v) is 0. The Hall–Kier alpha value is 3.71. The van der Waals surface area contributed by atoms with Crippen molar-refractivity contribution in [2.24, 2.45) is 0 Å². The smallest absolute Gasteiger partial charge is 1.00 e. The van der Waals surface area contributed by atoms with E-state index < -0.39 is 0 Å². The van der Waals surface area contributed by atoms with E-state index in [2.05, 4.69) is 0 Å². The molecule has 0 unspecified atom stereocenters. The summed E-state index contributed by atoms with van der Waals surface area (Å²) in [4.78, 5) is 0. The van der Waals surface area contributed by atoms with Gasteiger partial charge in [-0.3, -0.25) is 0 Å². The molecule has 0 aromatic carbocycles. The first-order valence-electron chi connectivity index (χ1n) is 0. The van der Waals surface area contributed by atoms with Gasteiger partial charge < -0.3 is 56.4 Å². The third-order valence-corrected chi connectivity index (χ3v) is 0. The quantitative estimate of drug-likeness (QED) is 0.281. The van der Waals surface area contributed by atoms with Crippen LogP contribution in [0.5, 0.6) is 0 Å². The van der Waals surface area contributed by atoms with E-state index in [9.17, 15) is 0 Å². The Morgan fingerprint density at radius 3 is 0.571 bits per heavy atom. The number of hydrogen-bond acceptors (Lipinski definition) is 0. The Balaban J connectivity index is 0. The molecule has 1 radical (unpaired) electrons. The zero-order valence-corrected chi connectivity index (χ0v) is 14.3. The van der Waals surface area contributed by atoms with Crippen LogP contribution >= 0.6 is 34.0 Å². The SMILES string of the molecule is Br.Br.O.[Br-].[Br-].[Br-].[Nd+3]. The van der Waals surface area contributed by atoms with Crippen LogP contribution < -0.4 is 50.9 Å². The van der Waals surface area contributed by atoms with Gasteiger partial charge in [-0.25, -0.2) is 0 Å². The summed E-state index contributed by atoms with van der Waals surface area (Å²) in [6.07, 6.45) is 0. The summed E-state index contributed by atoms with van der Waals surface area (Å²) in [7, 11) is 0. The molecule has 0 saturated heterocycles. The zero-order chi connectivity index (χ0) is 0. The van der Waals surface area contributed by atoms with Crippen molar-refractivity contribution in [1.82, 2.24) is 0 Å². The van der Waals surface area contributed by atoms with Crippen molar-refractivity contribution >= 4 is 34.0 Å². The summed E-state index contributed by atoms with van der Waals surface area (Å²) in [6.45, 7) is 0. The topological polar surface area (TPSA) is 31.5 Å². The first-order valence-corrected chi connectivity index (χ1v) is 0. The van der Waals surface area contributed by atoms with E-state index in [4.69, 9.17) is 0 Å². The van der Waals surface area contributed by atoms with E-state index in [-0.39, 0.29) is 131 Å². The fraction of sp³-hybridized carbons (Fsp3) is 0. The van der Waals surface area contributed by atoms with Gasteiger partial charge in [-0.1, -0.05) is 0 Å². The maximum Gasteiger partial charge on any atom is 3.00 e. The Bertz CT molecular complexity index is 8.04. The van der Waals surface area contributed by atoms with Gasteiger partial charge in [-0.15, -0.1) is 34.0 Å². The van der Waals surface area contributed by atoms with E-state index in [1.165, 1.54) is 0 Å². The molecule has 0 amide bonds. The molecule has 0 bridgehead atoms. The van der Waals surface area contributed by atoms with Gasteiger partial charge in [0.15, 0.2) is 0 Å². The molecule has 1 nitrogen and oxygen atoms in total. The average molecular weight is 564 g/mol. The molecule has 49 valence electrons. The van der Waals surface area contributed by atoms with Crippen molar-refractivity contribution in [2.45, 2.75) is 0 Å². The van der Waals surface area contributed by atoms with E-state index >= 15 is 0 Å². The first-order chi connectivity index (χ1) is 0. The first kappa shape index (κ1) is 73.4. The fourth-order valence-electron chi connectivity index (χ4n) is 0. The molecular weight excluding hydrogens is 560 g/mol. The summed E-state index contributed by atoms with van der Waals surface area (Å²) in [5, 5.41) is 0. The number of rotatable bonds is 0. The third-order valence-electron chi connectivity index (χ3n) is 0. The minimum Gasteiger partial charge on any atom is -1.00 e. The van der Waals surface area contributed by atoms with E-state index in [1.54, 1.807) is 0 Å². The van der Waals surface area contributed by atoms with Gasteiger partial charge in [0.2, 0.25) is 0 Å². The van der Waals surface area contributed by atoms with E-state index in [0.29, 0.717) is 0 Å². The standard InChI is InChI=1S/5BrH.Nd.H2O/h5*1H;;1H2/q;;;;;+3;/p-3. The zero-order valence-electron chi connectivity index (χ0n) is 2.95. The Labute approximate surface area is 128 Å². The molecule has 2 N–H and O–H groups in total. The molecule has 0 atom stereocenters. The van der Waals surface area contributed by atoms with Crippen LogP contribution in [0.1, 0.15) is 0 Å². The molecule has 0 heterocycles. The molecule has 0 aromatic heterocycles. The van der Waals surface area contributed by atoms with Crippen LogP contribution in [0.3, 0.4) is 0 Å². The molecule has 7 heteroatoms. The largest absolute Gasteiger partial charge is 3.00 e. The van der Waals surface area contributed by atoms with Crippen molar-refractivity contribution in [3.8, 4) is 0 Å². The molecule has 0 saturated carbocycles. The van der Waals surface area contributed by atoms with Gasteiger partial charge in [0, 0.05) is 0 Å². The van der Waals surface area contributed by atoms with E-state index in [0.717, 1.165) is 0 Å². The molecule has 0 aliphatic heterocycles. The Kier molecular flexibility index (Phi) is 561. The minimum absolute atomic E-state index is 0. The van der Waals surface area contributed by atoms with Crippen molar-refractivity contribution in [3.63, 3.8) is 0 Å². The molecule has 7 heavy (non-hydrogen) atoms. The van der Waals surface area contributed by atoms with Crippen LogP contribution in [0.2, 0.25) is 0 Å². The van der Waals surface area contributed by atoms with Gasteiger partial charge >= 0.3 is 40.8 Å². The predicted molar refractivity (Wildman–Crippen MR) is 24.3 cm³/mol. The monoisotopic (exact) mass is 557 g/mol. The van der Waals surface area contributed by atoms with Crippen molar-refractivity contribution in [1.29, 1.82) is 0 Å². The van der Waals surface area contributed by atoms with Gasteiger partial charge in [-0.05, 0) is 0 Å². The molecular formula is H4Br5NdO. The molecule has 0 aliphatic carbocycles. The van der Waals surface area contributed by atoms with Gasteiger partial charge in [0.25, 0.3) is 0 Å².